The number of benzene rings is 2. The van der Waals surface area contributed by atoms with E-state index in [2.05, 4.69) is 49.9 Å². The van der Waals surface area contributed by atoms with Gasteiger partial charge in [0.15, 0.2) is 5.65 Å². The normalized spacial score (nSPS) is 14.1. The Morgan fingerprint density at radius 3 is 2.43 bits per heavy atom. The number of methoxy groups -OCH3 is 1. The minimum absolute atomic E-state index is 0.575. The number of nitrogens with zero attached hydrogens (tertiary/aromatic N) is 4. The number of pyridine rings is 1. The van der Waals surface area contributed by atoms with Crippen molar-refractivity contribution in [3.8, 4) is 17.0 Å². The molecule has 0 radical (unpaired) electrons. The number of hydrogen-bond donors (Lipinski definition) is 2. The van der Waals surface area contributed by atoms with Gasteiger partial charge in [0.25, 0.3) is 0 Å². The summed E-state index contributed by atoms with van der Waals surface area (Å²) in [5.74, 6) is 1.40. The molecule has 3 heterocycles. The van der Waals surface area contributed by atoms with E-state index in [0.29, 0.717) is 5.95 Å². The van der Waals surface area contributed by atoms with E-state index in [1.807, 2.05) is 47.0 Å². The lowest BCUT2D eigenvalue weighted by Crippen LogP contribution is -2.43. The summed E-state index contributed by atoms with van der Waals surface area (Å²) in [7, 11) is 1.67. The van der Waals surface area contributed by atoms with Gasteiger partial charge >= 0.3 is 0 Å². The monoisotopic (exact) mass is 400 g/mol. The van der Waals surface area contributed by atoms with Gasteiger partial charge in [-0.25, -0.2) is 4.52 Å². The van der Waals surface area contributed by atoms with Gasteiger partial charge in [-0.15, -0.1) is 5.10 Å². The van der Waals surface area contributed by atoms with Crippen LogP contribution in [0.4, 0.5) is 17.3 Å². The van der Waals surface area contributed by atoms with Gasteiger partial charge in [0.2, 0.25) is 5.95 Å². The summed E-state index contributed by atoms with van der Waals surface area (Å²) in [6.45, 7) is 4.13. The number of piperazine rings is 1. The zero-order valence-electron chi connectivity index (χ0n) is 16.9. The quantitative estimate of drug-likeness (QED) is 0.534. The maximum Gasteiger partial charge on any atom is 0.247 e. The van der Waals surface area contributed by atoms with Crippen LogP contribution in [0.5, 0.6) is 5.75 Å². The Morgan fingerprint density at radius 2 is 1.70 bits per heavy atom. The molecule has 1 fully saturated rings. The van der Waals surface area contributed by atoms with Crippen molar-refractivity contribution in [1.29, 1.82) is 0 Å². The first-order valence-corrected chi connectivity index (χ1v) is 10.1. The van der Waals surface area contributed by atoms with Crippen LogP contribution in [0.1, 0.15) is 0 Å². The minimum atomic E-state index is 0.575. The maximum absolute atomic E-state index is 5.26. The number of hydrogen-bond acceptors (Lipinski definition) is 6. The highest BCUT2D eigenvalue weighted by molar-refractivity contribution is 5.66. The van der Waals surface area contributed by atoms with Crippen molar-refractivity contribution in [3.05, 3.63) is 66.7 Å². The van der Waals surface area contributed by atoms with Crippen molar-refractivity contribution in [2.45, 2.75) is 0 Å². The molecule has 0 aliphatic carbocycles. The van der Waals surface area contributed by atoms with E-state index < -0.39 is 0 Å². The lowest BCUT2D eigenvalue weighted by Gasteiger charge is -2.29. The molecule has 7 nitrogen and oxygen atoms in total. The van der Waals surface area contributed by atoms with Crippen molar-refractivity contribution < 1.29 is 4.74 Å². The Hall–Kier alpha value is -3.58. The number of fused-ring (bicyclic) bond motifs is 1. The van der Waals surface area contributed by atoms with E-state index in [1.54, 1.807) is 7.11 Å². The summed E-state index contributed by atoms with van der Waals surface area (Å²) in [4.78, 5) is 7.03. The first-order valence-electron chi connectivity index (χ1n) is 10.1. The molecule has 0 bridgehead atoms. The number of rotatable bonds is 5. The van der Waals surface area contributed by atoms with E-state index in [9.17, 15) is 0 Å². The topological polar surface area (TPSA) is 66.7 Å². The molecule has 30 heavy (non-hydrogen) atoms. The maximum atomic E-state index is 5.26. The molecule has 0 saturated carbocycles. The van der Waals surface area contributed by atoms with Crippen LogP contribution < -0.4 is 20.3 Å². The van der Waals surface area contributed by atoms with E-state index >= 15 is 0 Å². The predicted molar refractivity (Wildman–Crippen MR) is 120 cm³/mol. The van der Waals surface area contributed by atoms with Gasteiger partial charge in [-0.05, 0) is 60.7 Å². The van der Waals surface area contributed by atoms with Crippen LogP contribution in [0, 0.1) is 0 Å². The van der Waals surface area contributed by atoms with Gasteiger partial charge in [-0.2, -0.15) is 4.98 Å². The van der Waals surface area contributed by atoms with Crippen LogP contribution in [0.3, 0.4) is 0 Å². The summed E-state index contributed by atoms with van der Waals surface area (Å²) in [5, 5.41) is 11.4. The Bertz CT molecular complexity index is 1130. The fourth-order valence-electron chi connectivity index (χ4n) is 3.75. The van der Waals surface area contributed by atoms with Gasteiger partial charge in [0, 0.05) is 43.1 Å². The highest BCUT2D eigenvalue weighted by Gasteiger charge is 2.12. The summed E-state index contributed by atoms with van der Waals surface area (Å²) >= 11 is 0. The number of anilines is 3. The molecule has 1 aliphatic heterocycles. The standard InChI is InChI=1S/C23H24N6O/c1-30-20-11-5-17(6-12-20)21-3-2-4-22-26-23(27-29(21)22)25-18-7-9-19(10-8-18)28-15-13-24-14-16-28/h2-12,24H,13-16H2,1H3,(H,25,27). The number of nitrogens with one attached hydrogen (secondary N) is 2. The third kappa shape index (κ3) is 3.67. The molecule has 0 atom stereocenters. The van der Waals surface area contributed by atoms with Gasteiger partial charge in [0.1, 0.15) is 5.75 Å². The SMILES string of the molecule is COc1ccc(-c2cccc3nc(Nc4ccc(N5CCNCC5)cc4)nn23)cc1. The van der Waals surface area contributed by atoms with E-state index in [1.165, 1.54) is 5.69 Å². The average molecular weight is 400 g/mol. The molecule has 7 heteroatoms. The van der Waals surface area contributed by atoms with Gasteiger partial charge < -0.3 is 20.3 Å². The molecule has 2 N–H and O–H groups in total. The molecule has 5 rings (SSSR count). The second-order valence-electron chi connectivity index (χ2n) is 7.25. The lowest BCUT2D eigenvalue weighted by atomic mass is 10.1. The zero-order valence-corrected chi connectivity index (χ0v) is 16.9. The second-order valence-corrected chi connectivity index (χ2v) is 7.25. The van der Waals surface area contributed by atoms with E-state index in [0.717, 1.165) is 54.5 Å². The summed E-state index contributed by atoms with van der Waals surface area (Å²) in [6.07, 6.45) is 0. The molecule has 4 aromatic rings. The molecule has 0 unspecified atom stereocenters. The molecular formula is C23H24N6O. The fourth-order valence-corrected chi connectivity index (χ4v) is 3.75. The molecular weight excluding hydrogens is 376 g/mol. The molecule has 2 aromatic carbocycles. The lowest BCUT2D eigenvalue weighted by molar-refractivity contribution is 0.415. The predicted octanol–water partition coefficient (Wildman–Crippen LogP) is 3.56. The summed E-state index contributed by atoms with van der Waals surface area (Å²) < 4.78 is 7.12. The number of aromatic nitrogens is 3. The molecule has 1 saturated heterocycles. The molecule has 2 aromatic heterocycles. The largest absolute Gasteiger partial charge is 0.497 e. The van der Waals surface area contributed by atoms with E-state index in [-0.39, 0.29) is 0 Å². The third-order valence-corrected chi connectivity index (χ3v) is 5.35. The Kier molecular flexibility index (Phi) is 4.94. The highest BCUT2D eigenvalue weighted by Crippen LogP contribution is 2.25. The van der Waals surface area contributed by atoms with Gasteiger partial charge in [0.05, 0.1) is 12.8 Å². The molecule has 152 valence electrons. The van der Waals surface area contributed by atoms with Crippen molar-refractivity contribution in [2.24, 2.45) is 0 Å². The minimum Gasteiger partial charge on any atom is -0.497 e. The van der Waals surface area contributed by atoms with Crippen LogP contribution in [0.2, 0.25) is 0 Å². The van der Waals surface area contributed by atoms with Gasteiger partial charge in [-0.1, -0.05) is 6.07 Å². The fraction of sp³-hybridized carbons (Fsp3) is 0.217. The van der Waals surface area contributed by atoms with Crippen molar-refractivity contribution in [3.63, 3.8) is 0 Å². The smallest absolute Gasteiger partial charge is 0.247 e. The van der Waals surface area contributed by atoms with Crippen LogP contribution in [-0.2, 0) is 0 Å². The molecule has 0 amide bonds. The average Bonchev–Trinajstić information content (AvgIpc) is 3.23. The summed E-state index contributed by atoms with van der Waals surface area (Å²) in [6, 6.07) is 22.4. The van der Waals surface area contributed by atoms with Crippen LogP contribution in [0.25, 0.3) is 16.9 Å². The van der Waals surface area contributed by atoms with E-state index in [4.69, 9.17) is 4.74 Å². The van der Waals surface area contributed by atoms with Crippen molar-refractivity contribution in [2.75, 3.05) is 43.5 Å². The van der Waals surface area contributed by atoms with Gasteiger partial charge in [-0.3, -0.25) is 0 Å². The zero-order chi connectivity index (χ0) is 20.3. The number of ether oxygens (including phenoxy) is 1. The first kappa shape index (κ1) is 18.4. The molecule has 0 spiro atoms. The Labute approximate surface area is 175 Å². The summed E-state index contributed by atoms with van der Waals surface area (Å²) in [5.41, 5.74) is 5.04. The first-order chi connectivity index (χ1) is 14.8. The Balaban J connectivity index is 1.38. The third-order valence-electron chi connectivity index (χ3n) is 5.35. The van der Waals surface area contributed by atoms with Crippen LogP contribution in [-0.4, -0.2) is 47.9 Å². The van der Waals surface area contributed by atoms with Crippen molar-refractivity contribution in [1.82, 2.24) is 19.9 Å². The van der Waals surface area contributed by atoms with Crippen molar-refractivity contribution >= 4 is 23.0 Å². The molecule has 1 aliphatic rings. The van der Waals surface area contributed by atoms with Crippen LogP contribution >= 0.6 is 0 Å². The second kappa shape index (κ2) is 8.04. The highest BCUT2D eigenvalue weighted by atomic mass is 16.5. The Morgan fingerprint density at radius 1 is 0.933 bits per heavy atom. The van der Waals surface area contributed by atoms with Crippen LogP contribution in [0.15, 0.2) is 66.7 Å².